The Balaban J connectivity index is 1.35. The van der Waals surface area contributed by atoms with Gasteiger partial charge in [-0.15, -0.1) is 0 Å². The fraction of sp³-hybridized carbons (Fsp3) is 0.300. The fourth-order valence-corrected chi connectivity index (χ4v) is 3.42. The second kappa shape index (κ2) is 7.28. The van der Waals surface area contributed by atoms with Gasteiger partial charge in [0.1, 0.15) is 5.75 Å². The van der Waals surface area contributed by atoms with E-state index in [2.05, 4.69) is 10.6 Å². The van der Waals surface area contributed by atoms with E-state index in [4.69, 9.17) is 9.47 Å². The van der Waals surface area contributed by atoms with E-state index in [1.807, 2.05) is 42.5 Å². The Kier molecular flexibility index (Phi) is 4.68. The predicted molar refractivity (Wildman–Crippen MR) is 101 cm³/mol. The molecule has 4 rings (SSSR count). The van der Waals surface area contributed by atoms with E-state index < -0.39 is 0 Å². The second-order valence-electron chi connectivity index (χ2n) is 6.68. The number of urea groups is 1. The van der Waals surface area contributed by atoms with Crippen molar-refractivity contribution < 1.29 is 19.1 Å². The van der Waals surface area contributed by atoms with Gasteiger partial charge in [-0.3, -0.25) is 4.79 Å². The van der Waals surface area contributed by atoms with Crippen LogP contribution in [0, 0.1) is 0 Å². The van der Waals surface area contributed by atoms with Gasteiger partial charge in [0.05, 0.1) is 26.4 Å². The topological polar surface area (TPSA) is 79.9 Å². The Bertz CT molecular complexity index is 866. The van der Waals surface area contributed by atoms with Crippen LogP contribution < -0.4 is 20.3 Å². The Morgan fingerprint density at radius 1 is 1.15 bits per heavy atom. The predicted octanol–water partition coefficient (Wildman–Crippen LogP) is 2.65. The number of anilines is 2. The molecule has 1 fully saturated rings. The Hall–Kier alpha value is -3.06. The van der Waals surface area contributed by atoms with Crippen LogP contribution in [-0.2, 0) is 22.7 Å². The molecule has 0 bridgehead atoms. The van der Waals surface area contributed by atoms with Gasteiger partial charge < -0.3 is 25.0 Å². The Morgan fingerprint density at radius 2 is 1.93 bits per heavy atom. The molecule has 2 heterocycles. The van der Waals surface area contributed by atoms with Crippen molar-refractivity contribution in [2.45, 2.75) is 25.7 Å². The van der Waals surface area contributed by atoms with Crippen molar-refractivity contribution >= 4 is 23.3 Å². The van der Waals surface area contributed by atoms with Gasteiger partial charge >= 0.3 is 6.03 Å². The molecule has 7 nitrogen and oxygen atoms in total. The lowest BCUT2D eigenvalue weighted by molar-refractivity contribution is -0.117. The average molecular weight is 367 g/mol. The number of carbonyl (C=O) groups excluding carboxylic acids is 2. The summed E-state index contributed by atoms with van der Waals surface area (Å²) in [6, 6.07) is 12.5. The highest BCUT2D eigenvalue weighted by molar-refractivity contribution is 5.97. The van der Waals surface area contributed by atoms with Crippen molar-refractivity contribution in [3.05, 3.63) is 53.6 Å². The maximum atomic E-state index is 12.3. The first-order valence-electron chi connectivity index (χ1n) is 8.84. The monoisotopic (exact) mass is 367 g/mol. The van der Waals surface area contributed by atoms with E-state index in [0.717, 1.165) is 22.6 Å². The van der Waals surface area contributed by atoms with Crippen molar-refractivity contribution in [1.29, 1.82) is 0 Å². The van der Waals surface area contributed by atoms with Crippen LogP contribution >= 0.6 is 0 Å². The number of rotatable bonds is 4. The molecule has 2 aromatic carbocycles. The Labute approximate surface area is 157 Å². The van der Waals surface area contributed by atoms with Crippen molar-refractivity contribution in [3.63, 3.8) is 0 Å². The maximum absolute atomic E-state index is 12.3. The van der Waals surface area contributed by atoms with Gasteiger partial charge in [-0.1, -0.05) is 6.07 Å². The number of methoxy groups -OCH3 is 1. The molecule has 1 atom stereocenters. The molecule has 0 aromatic heterocycles. The van der Waals surface area contributed by atoms with Gasteiger partial charge in [0.25, 0.3) is 0 Å². The molecule has 1 saturated heterocycles. The summed E-state index contributed by atoms with van der Waals surface area (Å²) in [5.41, 5.74) is 3.75. The van der Waals surface area contributed by atoms with Crippen LogP contribution in [0.4, 0.5) is 16.2 Å². The molecule has 0 saturated carbocycles. The molecule has 2 aromatic rings. The number of nitrogens with zero attached hydrogens (tertiary/aromatic N) is 1. The summed E-state index contributed by atoms with van der Waals surface area (Å²) in [5.74, 6) is 0.722. The highest BCUT2D eigenvalue weighted by atomic mass is 16.5. The van der Waals surface area contributed by atoms with E-state index in [0.29, 0.717) is 25.4 Å². The first kappa shape index (κ1) is 17.4. The first-order valence-corrected chi connectivity index (χ1v) is 8.84. The quantitative estimate of drug-likeness (QED) is 0.871. The summed E-state index contributed by atoms with van der Waals surface area (Å²) in [4.78, 5) is 26.3. The molecular formula is C20H21N3O4. The van der Waals surface area contributed by atoms with Gasteiger partial charge in [0, 0.05) is 24.3 Å². The molecule has 0 unspecified atom stereocenters. The molecular weight excluding hydrogens is 346 g/mol. The number of benzene rings is 2. The Morgan fingerprint density at radius 3 is 2.70 bits per heavy atom. The van der Waals surface area contributed by atoms with Gasteiger partial charge in [0.15, 0.2) is 0 Å². The largest absolute Gasteiger partial charge is 0.497 e. The van der Waals surface area contributed by atoms with E-state index in [-0.39, 0.29) is 24.4 Å². The molecule has 0 aliphatic carbocycles. The zero-order valence-corrected chi connectivity index (χ0v) is 15.0. The lowest BCUT2D eigenvalue weighted by Crippen LogP contribution is -2.39. The van der Waals surface area contributed by atoms with Gasteiger partial charge in [0.2, 0.25) is 5.91 Å². The maximum Gasteiger partial charge on any atom is 0.319 e. The summed E-state index contributed by atoms with van der Waals surface area (Å²) < 4.78 is 10.5. The van der Waals surface area contributed by atoms with E-state index in [1.54, 1.807) is 12.0 Å². The van der Waals surface area contributed by atoms with Crippen molar-refractivity contribution in [2.75, 3.05) is 23.9 Å². The highest BCUT2D eigenvalue weighted by Crippen LogP contribution is 2.25. The van der Waals surface area contributed by atoms with Gasteiger partial charge in [-0.05, 0) is 47.5 Å². The average Bonchev–Trinajstić information content (AvgIpc) is 3.27. The second-order valence-corrected chi connectivity index (χ2v) is 6.68. The van der Waals surface area contributed by atoms with Crippen LogP contribution in [0.1, 0.15) is 17.5 Å². The van der Waals surface area contributed by atoms with Crippen molar-refractivity contribution in [3.8, 4) is 5.75 Å². The van der Waals surface area contributed by atoms with Crippen LogP contribution in [0.3, 0.4) is 0 Å². The molecule has 2 aliphatic rings. The number of hydrogen-bond acceptors (Lipinski definition) is 4. The number of ether oxygens (including phenoxy) is 2. The lowest BCUT2D eigenvalue weighted by Gasteiger charge is -2.18. The number of nitrogens with one attached hydrogen (secondary N) is 2. The van der Waals surface area contributed by atoms with Crippen molar-refractivity contribution in [2.24, 2.45) is 0 Å². The molecule has 2 aliphatic heterocycles. The minimum atomic E-state index is -0.316. The van der Waals surface area contributed by atoms with E-state index in [1.165, 1.54) is 0 Å². The smallest absolute Gasteiger partial charge is 0.319 e. The first-order chi connectivity index (χ1) is 13.1. The van der Waals surface area contributed by atoms with E-state index in [9.17, 15) is 9.59 Å². The molecule has 0 radical (unpaired) electrons. The highest BCUT2D eigenvalue weighted by Gasteiger charge is 2.31. The molecule has 0 spiro atoms. The number of hydrogen-bond donors (Lipinski definition) is 2. The van der Waals surface area contributed by atoms with Crippen LogP contribution in [-0.4, -0.2) is 31.6 Å². The minimum Gasteiger partial charge on any atom is -0.497 e. The van der Waals surface area contributed by atoms with E-state index >= 15 is 0 Å². The number of amides is 3. The zero-order valence-electron chi connectivity index (χ0n) is 15.0. The lowest BCUT2D eigenvalue weighted by atomic mass is 10.1. The summed E-state index contributed by atoms with van der Waals surface area (Å²) in [5, 5.41) is 5.71. The molecule has 140 valence electrons. The summed E-state index contributed by atoms with van der Waals surface area (Å²) in [6.45, 7) is 1.63. The van der Waals surface area contributed by atoms with Crippen LogP contribution in [0.2, 0.25) is 0 Å². The normalized spacial score (nSPS) is 18.3. The van der Waals surface area contributed by atoms with Crippen LogP contribution in [0.5, 0.6) is 5.75 Å². The van der Waals surface area contributed by atoms with Crippen LogP contribution in [0.25, 0.3) is 0 Å². The number of carbonyl (C=O) groups is 2. The molecule has 27 heavy (non-hydrogen) atoms. The van der Waals surface area contributed by atoms with Gasteiger partial charge in [-0.2, -0.15) is 0 Å². The SMILES string of the molecule is COc1ccc(N2C[C@@H](NC(=O)Nc3ccc4c(c3)COC4)CC2=O)cc1. The summed E-state index contributed by atoms with van der Waals surface area (Å²) in [6.07, 6.45) is 0.275. The van der Waals surface area contributed by atoms with Crippen LogP contribution in [0.15, 0.2) is 42.5 Å². The van der Waals surface area contributed by atoms with Gasteiger partial charge in [-0.25, -0.2) is 4.79 Å². The summed E-state index contributed by atoms with van der Waals surface area (Å²) >= 11 is 0. The fourth-order valence-electron chi connectivity index (χ4n) is 3.42. The third kappa shape index (κ3) is 3.73. The summed E-state index contributed by atoms with van der Waals surface area (Å²) in [7, 11) is 1.60. The molecule has 3 amide bonds. The van der Waals surface area contributed by atoms with Crippen molar-refractivity contribution in [1.82, 2.24) is 5.32 Å². The molecule has 7 heteroatoms. The zero-order chi connectivity index (χ0) is 18.8. The molecule has 2 N–H and O–H groups in total. The third-order valence-corrected chi connectivity index (χ3v) is 4.82. The standard InChI is InChI=1S/C20H21N3O4/c1-26-18-6-4-17(5-7-18)23-10-16(9-19(23)24)22-20(25)21-15-3-2-13-11-27-12-14(13)8-15/h2-8,16H,9-12H2,1H3,(H2,21,22,25)/t16-/m0/s1. The number of fused-ring (bicyclic) bond motifs is 1. The minimum absolute atomic E-state index is 0.0138. The third-order valence-electron chi connectivity index (χ3n) is 4.82.